The Morgan fingerprint density at radius 3 is 2.33 bits per heavy atom. The Morgan fingerprint density at radius 1 is 1.12 bits per heavy atom. The summed E-state index contributed by atoms with van der Waals surface area (Å²) in [6.07, 6.45) is 8.15. The van der Waals surface area contributed by atoms with E-state index in [0.717, 1.165) is 51.6 Å². The second kappa shape index (κ2) is 8.80. The van der Waals surface area contributed by atoms with Crippen molar-refractivity contribution in [1.82, 2.24) is 9.21 Å². The van der Waals surface area contributed by atoms with Crippen LogP contribution >= 0.6 is 0 Å². The molecule has 2 aliphatic rings. The maximum atomic E-state index is 12.2. The standard InChI is InChI=1S/C17H28N4O2S/c1-24(22,23)21(16-6-2-7-16)17-8-4-11-20(12-9-17)14-15(13-19)5-3-10-18/h15-17H,2-9,11-12,14H2,1H3/t15-,17-/m1/s1. The summed E-state index contributed by atoms with van der Waals surface area (Å²) in [4.78, 5) is 2.27. The second-order valence-corrected chi connectivity index (χ2v) is 8.97. The van der Waals surface area contributed by atoms with Crippen LogP contribution in [0.5, 0.6) is 0 Å². The van der Waals surface area contributed by atoms with Gasteiger partial charge in [0.25, 0.3) is 0 Å². The maximum Gasteiger partial charge on any atom is 0.211 e. The van der Waals surface area contributed by atoms with Crippen molar-refractivity contribution >= 4 is 10.0 Å². The molecule has 134 valence electrons. The summed E-state index contributed by atoms with van der Waals surface area (Å²) in [6.45, 7) is 2.42. The summed E-state index contributed by atoms with van der Waals surface area (Å²) in [7, 11) is -3.17. The lowest BCUT2D eigenvalue weighted by Gasteiger charge is -2.40. The molecule has 0 aromatic rings. The number of sulfonamides is 1. The molecule has 7 heteroatoms. The molecule has 1 saturated carbocycles. The number of hydrogen-bond acceptors (Lipinski definition) is 5. The first-order valence-corrected chi connectivity index (χ1v) is 10.8. The van der Waals surface area contributed by atoms with Crippen molar-refractivity contribution < 1.29 is 8.42 Å². The Kier molecular flexibility index (Phi) is 7.03. The largest absolute Gasteiger partial charge is 0.302 e. The van der Waals surface area contributed by atoms with Crippen molar-refractivity contribution in [2.24, 2.45) is 5.92 Å². The van der Waals surface area contributed by atoms with Gasteiger partial charge in [-0.05, 0) is 51.6 Å². The van der Waals surface area contributed by atoms with Crippen LogP contribution in [0.2, 0.25) is 0 Å². The summed E-state index contributed by atoms with van der Waals surface area (Å²) in [5.41, 5.74) is 0. The summed E-state index contributed by atoms with van der Waals surface area (Å²) in [6, 6.07) is 4.69. The average molecular weight is 353 g/mol. The molecule has 2 atom stereocenters. The lowest BCUT2D eigenvalue weighted by Crippen LogP contribution is -2.49. The van der Waals surface area contributed by atoms with Crippen molar-refractivity contribution in [3.63, 3.8) is 0 Å². The van der Waals surface area contributed by atoms with E-state index in [2.05, 4.69) is 17.0 Å². The van der Waals surface area contributed by atoms with Gasteiger partial charge < -0.3 is 4.90 Å². The molecule has 0 unspecified atom stereocenters. The van der Waals surface area contributed by atoms with Gasteiger partial charge in [-0.15, -0.1) is 0 Å². The van der Waals surface area contributed by atoms with Crippen LogP contribution in [-0.4, -0.2) is 55.6 Å². The highest BCUT2D eigenvalue weighted by atomic mass is 32.2. The summed E-state index contributed by atoms with van der Waals surface area (Å²) in [5.74, 6) is -0.112. The van der Waals surface area contributed by atoms with Gasteiger partial charge in [-0.25, -0.2) is 8.42 Å². The summed E-state index contributed by atoms with van der Waals surface area (Å²) < 4.78 is 26.3. The smallest absolute Gasteiger partial charge is 0.211 e. The molecule has 0 N–H and O–H groups in total. The molecular weight excluding hydrogens is 324 g/mol. The zero-order valence-electron chi connectivity index (χ0n) is 14.5. The highest BCUT2D eigenvalue weighted by Crippen LogP contribution is 2.32. The van der Waals surface area contributed by atoms with Gasteiger partial charge in [-0.3, -0.25) is 0 Å². The van der Waals surface area contributed by atoms with E-state index in [9.17, 15) is 13.7 Å². The molecule has 0 radical (unpaired) electrons. The molecule has 1 heterocycles. The molecule has 2 fully saturated rings. The van der Waals surface area contributed by atoms with E-state index in [1.165, 1.54) is 6.26 Å². The minimum absolute atomic E-state index is 0.0925. The molecule has 0 bridgehead atoms. The van der Waals surface area contributed by atoms with E-state index in [0.29, 0.717) is 19.4 Å². The lowest BCUT2D eigenvalue weighted by atomic mass is 9.91. The minimum Gasteiger partial charge on any atom is -0.302 e. The van der Waals surface area contributed by atoms with Crippen molar-refractivity contribution in [1.29, 1.82) is 10.5 Å². The average Bonchev–Trinajstić information content (AvgIpc) is 2.71. The van der Waals surface area contributed by atoms with E-state index < -0.39 is 10.0 Å². The van der Waals surface area contributed by atoms with Crippen LogP contribution in [0.4, 0.5) is 0 Å². The number of nitriles is 2. The molecule has 0 amide bonds. The van der Waals surface area contributed by atoms with E-state index in [-0.39, 0.29) is 18.0 Å². The first-order chi connectivity index (χ1) is 11.5. The van der Waals surface area contributed by atoms with Crippen molar-refractivity contribution in [3.8, 4) is 12.1 Å². The van der Waals surface area contributed by atoms with E-state index >= 15 is 0 Å². The molecule has 0 aromatic carbocycles. The first kappa shape index (κ1) is 19.2. The van der Waals surface area contributed by atoms with Gasteiger partial charge in [0.1, 0.15) is 0 Å². The molecule has 0 aromatic heterocycles. The number of hydrogen-bond donors (Lipinski definition) is 0. The topological polar surface area (TPSA) is 88.2 Å². The van der Waals surface area contributed by atoms with Gasteiger partial charge in [0.15, 0.2) is 0 Å². The van der Waals surface area contributed by atoms with Crippen LogP contribution < -0.4 is 0 Å². The predicted octanol–water partition coefficient (Wildman–Crippen LogP) is 2.10. The third-order valence-corrected chi connectivity index (χ3v) is 6.60. The summed E-state index contributed by atoms with van der Waals surface area (Å²) in [5, 5.41) is 17.9. The SMILES string of the molecule is CS(=O)(=O)N(C1CCC1)[C@@H]1CCCN(C[C@@H](C#N)CCC#N)CC1. The fraction of sp³-hybridized carbons (Fsp3) is 0.882. The fourth-order valence-electron chi connectivity index (χ4n) is 3.80. The molecule has 1 aliphatic carbocycles. The number of rotatable bonds is 7. The van der Waals surface area contributed by atoms with Crippen LogP contribution in [0, 0.1) is 28.6 Å². The number of likely N-dealkylation sites (tertiary alicyclic amines) is 1. The van der Waals surface area contributed by atoms with E-state index in [1.54, 1.807) is 4.31 Å². The van der Waals surface area contributed by atoms with Crippen LogP contribution in [0.25, 0.3) is 0 Å². The Balaban J connectivity index is 1.94. The fourth-order valence-corrected chi connectivity index (χ4v) is 5.31. The zero-order valence-corrected chi connectivity index (χ0v) is 15.3. The Morgan fingerprint density at radius 2 is 1.79 bits per heavy atom. The summed E-state index contributed by atoms with van der Waals surface area (Å²) >= 11 is 0. The van der Waals surface area contributed by atoms with Crippen LogP contribution in [-0.2, 0) is 10.0 Å². The highest BCUT2D eigenvalue weighted by molar-refractivity contribution is 7.88. The van der Waals surface area contributed by atoms with Gasteiger partial charge in [-0.2, -0.15) is 14.8 Å². The van der Waals surface area contributed by atoms with Gasteiger partial charge >= 0.3 is 0 Å². The van der Waals surface area contributed by atoms with Crippen molar-refractivity contribution in [2.75, 3.05) is 25.9 Å². The van der Waals surface area contributed by atoms with Crippen molar-refractivity contribution in [2.45, 2.75) is 63.5 Å². The van der Waals surface area contributed by atoms with Crippen molar-refractivity contribution in [3.05, 3.63) is 0 Å². The second-order valence-electron chi connectivity index (χ2n) is 7.09. The van der Waals surface area contributed by atoms with Crippen LogP contribution in [0.1, 0.15) is 51.4 Å². The van der Waals surface area contributed by atoms with Gasteiger partial charge in [0, 0.05) is 25.0 Å². The first-order valence-electron chi connectivity index (χ1n) is 8.93. The quantitative estimate of drug-likeness (QED) is 0.700. The number of nitrogens with zero attached hydrogens (tertiary/aromatic N) is 4. The normalized spacial score (nSPS) is 24.6. The van der Waals surface area contributed by atoms with Crippen LogP contribution in [0.3, 0.4) is 0 Å². The molecule has 0 spiro atoms. The van der Waals surface area contributed by atoms with Gasteiger partial charge in [0.05, 0.1) is 24.3 Å². The molecule has 1 aliphatic heterocycles. The molecule has 2 rings (SSSR count). The van der Waals surface area contributed by atoms with E-state index in [4.69, 9.17) is 5.26 Å². The Hall–Kier alpha value is -1.15. The lowest BCUT2D eigenvalue weighted by molar-refractivity contribution is 0.160. The molecule has 6 nitrogen and oxygen atoms in total. The molecule has 1 saturated heterocycles. The maximum absolute atomic E-state index is 12.2. The van der Waals surface area contributed by atoms with E-state index in [1.807, 2.05) is 0 Å². The van der Waals surface area contributed by atoms with Crippen LogP contribution in [0.15, 0.2) is 0 Å². The molecule has 24 heavy (non-hydrogen) atoms. The zero-order chi connectivity index (χ0) is 17.6. The third-order valence-electron chi connectivity index (χ3n) is 5.23. The van der Waals surface area contributed by atoms with Gasteiger partial charge in [0.2, 0.25) is 10.0 Å². The Bertz CT molecular complexity index is 589. The molecular formula is C17H28N4O2S. The Labute approximate surface area is 146 Å². The van der Waals surface area contributed by atoms with Gasteiger partial charge in [-0.1, -0.05) is 6.42 Å². The minimum atomic E-state index is -3.17. The highest BCUT2D eigenvalue weighted by Gasteiger charge is 2.37. The third kappa shape index (κ3) is 5.17. The monoisotopic (exact) mass is 352 g/mol. The predicted molar refractivity (Wildman–Crippen MR) is 92.4 cm³/mol.